The average Bonchev–Trinajstić information content (AvgIpc) is 2.80. The molecule has 9 nitrogen and oxygen atoms in total. The summed E-state index contributed by atoms with van der Waals surface area (Å²) in [6, 6.07) is -1.23. The molecular formula is C29H60N2O7. The highest BCUT2D eigenvalue weighted by molar-refractivity contribution is 4.92. The van der Waals surface area contributed by atoms with E-state index in [1.807, 2.05) is 27.7 Å². The Labute approximate surface area is 231 Å². The first-order chi connectivity index (χ1) is 17.0. The quantitative estimate of drug-likeness (QED) is 0.128. The van der Waals surface area contributed by atoms with Crippen molar-refractivity contribution in [3.05, 3.63) is 0 Å². The number of hydrogen-bond acceptors (Lipinski definition) is 9. The molecule has 38 heavy (non-hydrogen) atoms. The van der Waals surface area contributed by atoms with Crippen molar-refractivity contribution in [2.24, 2.45) is 16.2 Å². The SMILES string of the molecule is CC(C)(C)CC(C)(C)OC(O)NC(CNC1CCCC(O)C(O)C1O)C(O)CC(O)C(C)(C)CC(C)(C)C. The molecule has 1 aliphatic carbocycles. The van der Waals surface area contributed by atoms with Gasteiger partial charge in [0, 0.05) is 25.0 Å². The predicted molar refractivity (Wildman–Crippen MR) is 150 cm³/mol. The molecule has 8 atom stereocenters. The molecule has 0 saturated heterocycles. The number of hydrogen-bond donors (Lipinski definition) is 8. The number of rotatable bonds is 13. The van der Waals surface area contributed by atoms with E-state index in [1.165, 1.54) is 0 Å². The zero-order valence-corrected chi connectivity index (χ0v) is 25.7. The molecule has 0 radical (unpaired) electrons. The van der Waals surface area contributed by atoms with E-state index in [0.29, 0.717) is 25.7 Å². The second kappa shape index (κ2) is 14.0. The molecule has 1 rings (SSSR count). The molecule has 1 fully saturated rings. The Hall–Kier alpha value is -0.360. The topological polar surface area (TPSA) is 155 Å². The zero-order chi connectivity index (χ0) is 29.7. The molecule has 8 unspecified atom stereocenters. The van der Waals surface area contributed by atoms with Gasteiger partial charge in [0.25, 0.3) is 0 Å². The number of ether oxygens (including phenoxy) is 1. The Morgan fingerprint density at radius 3 is 1.87 bits per heavy atom. The standard InChI is InChI=1S/C29H60N2O7/c1-26(2,3)16-28(7,8)22(34)14-21(33)19(31-25(37)38-29(9,10)17-27(4,5)6)15-30-18-12-11-13-20(32)24(36)23(18)35/h18-25,30-37H,11-17H2,1-10H3. The molecule has 0 aromatic heterocycles. The summed E-state index contributed by atoms with van der Waals surface area (Å²) < 4.78 is 5.92. The Bertz CT molecular complexity index is 689. The van der Waals surface area contributed by atoms with E-state index in [0.717, 1.165) is 6.42 Å². The lowest BCUT2D eigenvalue weighted by atomic mass is 9.71. The third-order valence-electron chi connectivity index (χ3n) is 7.33. The number of aliphatic hydroxyl groups excluding tert-OH is 6. The normalized spacial score (nSPS) is 27.5. The average molecular weight is 549 g/mol. The summed E-state index contributed by atoms with van der Waals surface area (Å²) in [6.45, 7) is 20.5. The monoisotopic (exact) mass is 548 g/mol. The lowest BCUT2D eigenvalue weighted by molar-refractivity contribution is -0.203. The number of aliphatic hydroxyl groups is 6. The molecule has 228 valence electrons. The van der Waals surface area contributed by atoms with Gasteiger partial charge in [-0.05, 0) is 62.2 Å². The maximum atomic E-state index is 11.2. The van der Waals surface area contributed by atoms with Crippen molar-refractivity contribution in [3.8, 4) is 0 Å². The molecule has 0 amide bonds. The predicted octanol–water partition coefficient (Wildman–Crippen LogP) is 2.25. The van der Waals surface area contributed by atoms with Crippen LogP contribution in [-0.2, 0) is 4.74 Å². The highest BCUT2D eigenvalue weighted by Crippen LogP contribution is 2.37. The molecule has 0 aromatic carbocycles. The molecule has 0 bridgehead atoms. The van der Waals surface area contributed by atoms with Gasteiger partial charge in [-0.3, -0.25) is 5.32 Å². The maximum Gasteiger partial charge on any atom is 0.214 e. The van der Waals surface area contributed by atoms with Crippen LogP contribution >= 0.6 is 0 Å². The fraction of sp³-hybridized carbons (Fsp3) is 1.00. The van der Waals surface area contributed by atoms with Crippen LogP contribution in [-0.4, -0.2) is 91.8 Å². The van der Waals surface area contributed by atoms with E-state index < -0.39 is 60.0 Å². The van der Waals surface area contributed by atoms with Crippen molar-refractivity contribution in [2.75, 3.05) is 6.54 Å². The van der Waals surface area contributed by atoms with Crippen LogP contribution in [0.5, 0.6) is 0 Å². The number of nitrogens with one attached hydrogen (secondary N) is 2. The van der Waals surface area contributed by atoms with E-state index >= 15 is 0 Å². The van der Waals surface area contributed by atoms with Gasteiger partial charge in [0.05, 0.1) is 30.0 Å². The van der Waals surface area contributed by atoms with Crippen LogP contribution in [0.25, 0.3) is 0 Å². The highest BCUT2D eigenvalue weighted by Gasteiger charge is 2.38. The second-order valence-electron chi connectivity index (χ2n) is 15.3. The van der Waals surface area contributed by atoms with E-state index in [4.69, 9.17) is 4.74 Å². The summed E-state index contributed by atoms with van der Waals surface area (Å²) in [6.07, 6.45) is -3.55. The van der Waals surface area contributed by atoms with Crippen molar-refractivity contribution in [2.45, 2.75) is 162 Å². The molecule has 0 aromatic rings. The van der Waals surface area contributed by atoms with E-state index in [1.54, 1.807) is 0 Å². The van der Waals surface area contributed by atoms with Gasteiger partial charge in [-0.25, -0.2) is 0 Å². The summed E-state index contributed by atoms with van der Waals surface area (Å²) in [5.41, 5.74) is -1.11. The van der Waals surface area contributed by atoms with Crippen molar-refractivity contribution in [3.63, 3.8) is 0 Å². The lowest BCUT2D eigenvalue weighted by Crippen LogP contribution is -2.57. The van der Waals surface area contributed by atoms with Crippen molar-refractivity contribution in [1.29, 1.82) is 0 Å². The smallest absolute Gasteiger partial charge is 0.214 e. The highest BCUT2D eigenvalue weighted by atomic mass is 16.6. The van der Waals surface area contributed by atoms with Crippen molar-refractivity contribution in [1.82, 2.24) is 10.6 Å². The van der Waals surface area contributed by atoms with Crippen molar-refractivity contribution >= 4 is 0 Å². The summed E-state index contributed by atoms with van der Waals surface area (Å²) in [5.74, 6) is 0. The minimum atomic E-state index is -1.38. The fourth-order valence-electron chi connectivity index (χ4n) is 6.20. The molecule has 1 saturated carbocycles. The second-order valence-corrected chi connectivity index (χ2v) is 15.3. The maximum absolute atomic E-state index is 11.2. The van der Waals surface area contributed by atoms with E-state index in [-0.39, 0.29) is 23.8 Å². The van der Waals surface area contributed by atoms with Gasteiger partial charge in [-0.1, -0.05) is 55.4 Å². The van der Waals surface area contributed by atoms with Gasteiger partial charge in [0.2, 0.25) is 6.41 Å². The first-order valence-corrected chi connectivity index (χ1v) is 14.3. The van der Waals surface area contributed by atoms with Crippen LogP contribution in [0.1, 0.15) is 108 Å². The van der Waals surface area contributed by atoms with Crippen LogP contribution in [0.4, 0.5) is 0 Å². The third kappa shape index (κ3) is 12.9. The van der Waals surface area contributed by atoms with Crippen LogP contribution in [0.15, 0.2) is 0 Å². The molecule has 0 spiro atoms. The van der Waals surface area contributed by atoms with Gasteiger partial charge in [0.15, 0.2) is 0 Å². The largest absolute Gasteiger partial charge is 0.392 e. The summed E-state index contributed by atoms with van der Waals surface area (Å²) >= 11 is 0. The lowest BCUT2D eigenvalue weighted by Gasteiger charge is -2.39. The zero-order valence-electron chi connectivity index (χ0n) is 25.7. The van der Waals surface area contributed by atoms with Crippen LogP contribution in [0.3, 0.4) is 0 Å². The Balaban J connectivity index is 3.01. The molecule has 0 aliphatic heterocycles. The van der Waals surface area contributed by atoms with E-state index in [2.05, 4.69) is 52.2 Å². The first-order valence-electron chi connectivity index (χ1n) is 14.3. The molecular weight excluding hydrogens is 488 g/mol. The van der Waals surface area contributed by atoms with Gasteiger partial charge in [-0.15, -0.1) is 0 Å². The summed E-state index contributed by atoms with van der Waals surface area (Å²) in [5, 5.41) is 70.1. The minimum Gasteiger partial charge on any atom is -0.392 e. The van der Waals surface area contributed by atoms with Gasteiger partial charge in [0.1, 0.15) is 6.10 Å². The van der Waals surface area contributed by atoms with Gasteiger partial charge in [-0.2, -0.15) is 0 Å². The van der Waals surface area contributed by atoms with Crippen LogP contribution in [0.2, 0.25) is 0 Å². The fourth-order valence-corrected chi connectivity index (χ4v) is 6.20. The Kier molecular flexibility index (Phi) is 13.1. The molecule has 9 heteroatoms. The third-order valence-corrected chi connectivity index (χ3v) is 7.33. The van der Waals surface area contributed by atoms with Crippen LogP contribution < -0.4 is 10.6 Å². The summed E-state index contributed by atoms with van der Waals surface area (Å²) in [4.78, 5) is 0. The minimum absolute atomic E-state index is 0.00165. The van der Waals surface area contributed by atoms with E-state index in [9.17, 15) is 30.6 Å². The van der Waals surface area contributed by atoms with Crippen molar-refractivity contribution < 1.29 is 35.4 Å². The van der Waals surface area contributed by atoms with Gasteiger partial charge < -0.3 is 40.7 Å². The molecule has 0 heterocycles. The Morgan fingerprint density at radius 2 is 1.34 bits per heavy atom. The molecule has 1 aliphatic rings. The Morgan fingerprint density at radius 1 is 0.789 bits per heavy atom. The first kappa shape index (κ1) is 35.7. The molecule has 8 N–H and O–H groups in total. The van der Waals surface area contributed by atoms with Crippen LogP contribution in [0, 0.1) is 16.2 Å². The summed E-state index contributed by atoms with van der Waals surface area (Å²) in [7, 11) is 0. The van der Waals surface area contributed by atoms with Gasteiger partial charge >= 0.3 is 0 Å².